The van der Waals surface area contributed by atoms with Crippen LogP contribution in [-0.2, 0) is 4.79 Å². The average molecular weight is 364 g/mol. The molecular formula is C17H15Cl2N3O2. The van der Waals surface area contributed by atoms with Gasteiger partial charge < -0.3 is 16.0 Å². The Morgan fingerprint density at radius 3 is 2.83 bits per heavy atom. The summed E-state index contributed by atoms with van der Waals surface area (Å²) in [5, 5.41) is 9.64. The fourth-order valence-electron chi connectivity index (χ4n) is 2.56. The predicted molar refractivity (Wildman–Crippen MR) is 97.2 cm³/mol. The molecule has 24 heavy (non-hydrogen) atoms. The van der Waals surface area contributed by atoms with Crippen LogP contribution in [0.1, 0.15) is 23.7 Å². The molecule has 2 aromatic rings. The molecule has 3 rings (SSSR count). The highest BCUT2D eigenvalue weighted by molar-refractivity contribution is 6.36. The largest absolute Gasteiger partial charge is 0.380 e. The fraction of sp³-hybridized carbons (Fsp3) is 0.176. The first-order chi connectivity index (χ1) is 11.4. The lowest BCUT2D eigenvalue weighted by Gasteiger charge is -2.16. The van der Waals surface area contributed by atoms with Crippen molar-refractivity contribution in [3.63, 3.8) is 0 Å². The molecule has 0 aromatic heterocycles. The Balaban J connectivity index is 1.95. The summed E-state index contributed by atoms with van der Waals surface area (Å²) in [6.07, 6.45) is 0.329. The molecule has 1 aliphatic heterocycles. The van der Waals surface area contributed by atoms with E-state index in [4.69, 9.17) is 23.2 Å². The number of para-hydroxylation sites is 1. The number of carbonyl (C=O) groups excluding carboxylic acids is 2. The second-order valence-electron chi connectivity index (χ2n) is 5.60. The van der Waals surface area contributed by atoms with Crippen molar-refractivity contribution in [3.8, 4) is 0 Å². The first kappa shape index (κ1) is 16.6. The maximum absolute atomic E-state index is 12.7. The Bertz CT molecular complexity index is 823. The number of rotatable bonds is 2. The molecule has 7 heteroatoms. The van der Waals surface area contributed by atoms with Gasteiger partial charge in [-0.2, -0.15) is 0 Å². The third kappa shape index (κ3) is 3.47. The molecule has 124 valence electrons. The normalized spacial score (nSPS) is 16.5. The van der Waals surface area contributed by atoms with Crippen molar-refractivity contribution in [1.82, 2.24) is 0 Å². The molecule has 2 aromatic carbocycles. The molecule has 1 aliphatic rings. The minimum Gasteiger partial charge on any atom is -0.380 e. The quantitative estimate of drug-likeness (QED) is 0.740. The zero-order chi connectivity index (χ0) is 17.3. The number of carbonyl (C=O) groups is 2. The van der Waals surface area contributed by atoms with E-state index in [1.165, 1.54) is 0 Å². The molecule has 0 aliphatic carbocycles. The van der Waals surface area contributed by atoms with Crippen LogP contribution in [0, 0.1) is 0 Å². The Morgan fingerprint density at radius 2 is 2.04 bits per heavy atom. The molecular weight excluding hydrogens is 349 g/mol. The molecule has 0 fully saturated rings. The van der Waals surface area contributed by atoms with E-state index in [9.17, 15) is 9.59 Å². The summed E-state index contributed by atoms with van der Waals surface area (Å²) < 4.78 is 0. The van der Waals surface area contributed by atoms with E-state index in [1.807, 2.05) is 6.92 Å². The number of halogens is 2. The molecule has 0 spiro atoms. The third-order valence-corrected chi connectivity index (χ3v) is 4.21. The lowest BCUT2D eigenvalue weighted by atomic mass is 10.1. The van der Waals surface area contributed by atoms with Crippen molar-refractivity contribution in [2.24, 2.45) is 0 Å². The van der Waals surface area contributed by atoms with E-state index in [0.717, 1.165) is 0 Å². The van der Waals surface area contributed by atoms with Crippen LogP contribution in [0.3, 0.4) is 0 Å². The summed E-state index contributed by atoms with van der Waals surface area (Å²) >= 11 is 12.0. The smallest absolute Gasteiger partial charge is 0.257 e. The van der Waals surface area contributed by atoms with Crippen LogP contribution in [0.4, 0.5) is 17.1 Å². The van der Waals surface area contributed by atoms with Gasteiger partial charge in [0.1, 0.15) is 0 Å². The van der Waals surface area contributed by atoms with Gasteiger partial charge in [0, 0.05) is 17.5 Å². The van der Waals surface area contributed by atoms with E-state index in [-0.39, 0.29) is 17.9 Å². The second kappa shape index (κ2) is 6.71. The van der Waals surface area contributed by atoms with Crippen molar-refractivity contribution in [1.29, 1.82) is 0 Å². The highest BCUT2D eigenvalue weighted by atomic mass is 35.5. The van der Waals surface area contributed by atoms with E-state index in [0.29, 0.717) is 39.1 Å². The van der Waals surface area contributed by atoms with Crippen molar-refractivity contribution in [2.75, 3.05) is 16.0 Å². The molecule has 0 bridgehead atoms. The topological polar surface area (TPSA) is 70.2 Å². The third-order valence-electron chi connectivity index (χ3n) is 3.64. The number of amides is 2. The van der Waals surface area contributed by atoms with Gasteiger partial charge in [-0.25, -0.2) is 0 Å². The summed E-state index contributed by atoms with van der Waals surface area (Å²) in [7, 11) is 0. The molecule has 1 heterocycles. The second-order valence-corrected chi connectivity index (χ2v) is 6.45. The standard InChI is InChI=1S/C17H15Cl2N3O2/c1-9-7-15(23)21-13-4-2-3-11(16(13)20-9)17(24)22-14-8-10(18)5-6-12(14)19/h2-6,8-9,20H,7H2,1H3,(H,21,23)(H,22,24). The molecule has 1 atom stereocenters. The summed E-state index contributed by atoms with van der Waals surface area (Å²) in [5.74, 6) is -0.434. The average Bonchev–Trinajstić information content (AvgIpc) is 2.66. The number of benzene rings is 2. The van der Waals surface area contributed by atoms with E-state index in [2.05, 4.69) is 16.0 Å². The van der Waals surface area contributed by atoms with Crippen LogP contribution in [0.2, 0.25) is 10.0 Å². The zero-order valence-corrected chi connectivity index (χ0v) is 14.3. The Hall–Kier alpha value is -2.24. The summed E-state index contributed by atoms with van der Waals surface area (Å²) in [4.78, 5) is 24.5. The Morgan fingerprint density at radius 1 is 1.25 bits per heavy atom. The van der Waals surface area contributed by atoms with Gasteiger partial charge in [-0.15, -0.1) is 0 Å². The molecule has 1 unspecified atom stereocenters. The molecule has 0 saturated heterocycles. The fourth-order valence-corrected chi connectivity index (χ4v) is 2.90. The minimum absolute atomic E-state index is 0.0880. The van der Waals surface area contributed by atoms with Gasteiger partial charge in [-0.1, -0.05) is 29.3 Å². The first-order valence-corrected chi connectivity index (χ1v) is 8.15. The van der Waals surface area contributed by atoms with Gasteiger partial charge in [0.2, 0.25) is 5.91 Å². The van der Waals surface area contributed by atoms with Crippen molar-refractivity contribution in [3.05, 3.63) is 52.0 Å². The molecule has 0 saturated carbocycles. The van der Waals surface area contributed by atoms with E-state index >= 15 is 0 Å². The number of hydrogen-bond donors (Lipinski definition) is 3. The Kier molecular flexibility index (Phi) is 4.64. The van der Waals surface area contributed by atoms with Gasteiger partial charge in [-0.05, 0) is 37.3 Å². The van der Waals surface area contributed by atoms with Crippen molar-refractivity contribution >= 4 is 52.1 Å². The van der Waals surface area contributed by atoms with Gasteiger partial charge in [0.25, 0.3) is 5.91 Å². The number of nitrogens with one attached hydrogen (secondary N) is 3. The summed E-state index contributed by atoms with van der Waals surface area (Å²) in [6, 6.07) is 9.91. The number of hydrogen-bond acceptors (Lipinski definition) is 3. The molecule has 2 amide bonds. The van der Waals surface area contributed by atoms with Gasteiger partial charge in [0.15, 0.2) is 0 Å². The molecule has 3 N–H and O–H groups in total. The van der Waals surface area contributed by atoms with Gasteiger partial charge in [-0.3, -0.25) is 9.59 Å². The number of anilines is 3. The number of fused-ring (bicyclic) bond motifs is 1. The molecule has 5 nitrogen and oxygen atoms in total. The highest BCUT2D eigenvalue weighted by Crippen LogP contribution is 2.32. The highest BCUT2D eigenvalue weighted by Gasteiger charge is 2.22. The predicted octanol–water partition coefficient (Wildman–Crippen LogP) is 4.39. The van der Waals surface area contributed by atoms with Crippen molar-refractivity contribution < 1.29 is 9.59 Å². The summed E-state index contributed by atoms with van der Waals surface area (Å²) in [6.45, 7) is 1.89. The van der Waals surface area contributed by atoms with Crippen LogP contribution in [0.25, 0.3) is 0 Å². The van der Waals surface area contributed by atoms with E-state index < -0.39 is 0 Å². The zero-order valence-electron chi connectivity index (χ0n) is 12.8. The van der Waals surface area contributed by atoms with Crippen LogP contribution in [-0.4, -0.2) is 17.9 Å². The van der Waals surface area contributed by atoms with Crippen LogP contribution >= 0.6 is 23.2 Å². The SMILES string of the molecule is CC1CC(=O)Nc2cccc(C(=O)Nc3cc(Cl)ccc3Cl)c2N1. The van der Waals surface area contributed by atoms with Crippen molar-refractivity contribution in [2.45, 2.75) is 19.4 Å². The van der Waals surface area contributed by atoms with Gasteiger partial charge >= 0.3 is 0 Å². The lowest BCUT2D eigenvalue weighted by molar-refractivity contribution is -0.116. The summed E-state index contributed by atoms with van der Waals surface area (Å²) in [5.41, 5.74) is 2.01. The van der Waals surface area contributed by atoms with Crippen LogP contribution in [0.5, 0.6) is 0 Å². The van der Waals surface area contributed by atoms with Gasteiger partial charge in [0.05, 0.1) is 27.6 Å². The minimum atomic E-state index is -0.341. The Labute approximate surface area is 149 Å². The maximum Gasteiger partial charge on any atom is 0.257 e. The van der Waals surface area contributed by atoms with Crippen LogP contribution in [0.15, 0.2) is 36.4 Å². The first-order valence-electron chi connectivity index (χ1n) is 7.40. The maximum atomic E-state index is 12.7. The van der Waals surface area contributed by atoms with Crippen LogP contribution < -0.4 is 16.0 Å². The lowest BCUT2D eigenvalue weighted by Crippen LogP contribution is -2.20. The van der Waals surface area contributed by atoms with E-state index in [1.54, 1.807) is 36.4 Å². The molecule has 0 radical (unpaired) electrons. The monoisotopic (exact) mass is 363 g/mol.